The lowest BCUT2D eigenvalue weighted by Crippen LogP contribution is -2.28. The van der Waals surface area contributed by atoms with Crippen LogP contribution in [0, 0.1) is 0 Å². The predicted molar refractivity (Wildman–Crippen MR) is 132 cm³/mol. The minimum absolute atomic E-state index is 0.183. The first-order valence-corrected chi connectivity index (χ1v) is 11.7. The summed E-state index contributed by atoms with van der Waals surface area (Å²) in [7, 11) is 0. The van der Waals surface area contributed by atoms with Gasteiger partial charge in [0.1, 0.15) is 6.17 Å². The number of carbonyl (C=O) groups excluding carboxylic acids is 1. The second-order valence-electron chi connectivity index (χ2n) is 7.65. The number of halogens is 2. The number of anilines is 1. The van der Waals surface area contributed by atoms with Crippen LogP contribution in [0.1, 0.15) is 30.9 Å². The standard InChI is InChI=1S/C24H28ClFN4OS/c1-3-29-24(31)30-19-9-7-15(8-10-19)11-17-13-20(32-14(2)27)23(28)21(22(17)26)16-5-4-6-18(25)12-16/h4-10,12-14,21-22H,3,11,27-28H2,1-2H3,(H2,29,30,31). The monoisotopic (exact) mass is 474 g/mol. The number of hydrogen-bond acceptors (Lipinski definition) is 4. The maximum absolute atomic E-state index is 15.8. The number of nitrogens with two attached hydrogens (primary N) is 2. The molecule has 8 heteroatoms. The van der Waals surface area contributed by atoms with Gasteiger partial charge in [0.15, 0.2) is 0 Å². The van der Waals surface area contributed by atoms with Gasteiger partial charge in [-0.05, 0) is 67.3 Å². The van der Waals surface area contributed by atoms with E-state index in [9.17, 15) is 4.79 Å². The van der Waals surface area contributed by atoms with Crippen molar-refractivity contribution in [2.75, 3.05) is 11.9 Å². The molecule has 1 aliphatic rings. The number of carbonyl (C=O) groups is 1. The molecule has 0 saturated heterocycles. The Labute approximate surface area is 197 Å². The van der Waals surface area contributed by atoms with Crippen molar-refractivity contribution in [3.8, 4) is 0 Å². The molecule has 3 unspecified atom stereocenters. The lowest BCUT2D eigenvalue weighted by Gasteiger charge is -2.30. The maximum atomic E-state index is 15.8. The highest BCUT2D eigenvalue weighted by Crippen LogP contribution is 2.42. The lowest BCUT2D eigenvalue weighted by atomic mass is 9.82. The second kappa shape index (κ2) is 10.9. The Kier molecular flexibility index (Phi) is 8.23. The lowest BCUT2D eigenvalue weighted by molar-refractivity contribution is 0.252. The van der Waals surface area contributed by atoms with E-state index in [1.54, 1.807) is 30.3 Å². The molecule has 170 valence electrons. The van der Waals surface area contributed by atoms with Crippen molar-refractivity contribution in [2.45, 2.75) is 37.7 Å². The van der Waals surface area contributed by atoms with Crippen LogP contribution in [0.4, 0.5) is 14.9 Å². The van der Waals surface area contributed by atoms with Gasteiger partial charge in [-0.2, -0.15) is 0 Å². The Hall–Kier alpha value is -2.48. The first-order valence-electron chi connectivity index (χ1n) is 10.4. The SMILES string of the molecule is CCNC(=O)Nc1ccc(CC2=CC(SC(C)N)=C(N)C(c3cccc(Cl)c3)C2F)cc1. The Morgan fingerprint density at radius 3 is 2.59 bits per heavy atom. The predicted octanol–water partition coefficient (Wildman–Crippen LogP) is 5.29. The van der Waals surface area contributed by atoms with Gasteiger partial charge in [-0.15, -0.1) is 11.8 Å². The van der Waals surface area contributed by atoms with E-state index in [4.69, 9.17) is 23.1 Å². The van der Waals surface area contributed by atoms with Crippen LogP contribution in [0.15, 0.2) is 70.8 Å². The molecule has 32 heavy (non-hydrogen) atoms. The Balaban J connectivity index is 1.87. The van der Waals surface area contributed by atoms with Gasteiger partial charge in [0.25, 0.3) is 0 Å². The molecule has 2 amide bonds. The fourth-order valence-corrected chi connectivity index (χ4v) is 4.71. The molecule has 2 aromatic rings. The zero-order chi connectivity index (χ0) is 23.3. The molecule has 6 N–H and O–H groups in total. The first kappa shape index (κ1) is 24.2. The normalized spacial score (nSPS) is 19.3. The van der Waals surface area contributed by atoms with Gasteiger partial charge in [0.05, 0.1) is 11.3 Å². The highest BCUT2D eigenvalue weighted by molar-refractivity contribution is 8.03. The molecule has 2 aromatic carbocycles. The zero-order valence-corrected chi connectivity index (χ0v) is 19.6. The third-order valence-electron chi connectivity index (χ3n) is 5.06. The van der Waals surface area contributed by atoms with Crippen molar-refractivity contribution in [3.05, 3.63) is 86.9 Å². The molecule has 0 spiro atoms. The summed E-state index contributed by atoms with van der Waals surface area (Å²) >= 11 is 7.58. The Morgan fingerprint density at radius 2 is 1.97 bits per heavy atom. The van der Waals surface area contributed by atoms with Crippen molar-refractivity contribution in [1.82, 2.24) is 5.32 Å². The third-order valence-corrected chi connectivity index (χ3v) is 6.28. The quantitative estimate of drug-likeness (QED) is 0.410. The number of thioether (sulfide) groups is 1. The van der Waals surface area contributed by atoms with Crippen molar-refractivity contribution in [3.63, 3.8) is 0 Å². The molecule has 0 saturated carbocycles. The number of rotatable bonds is 7. The highest BCUT2D eigenvalue weighted by Gasteiger charge is 2.34. The number of benzene rings is 2. The summed E-state index contributed by atoms with van der Waals surface area (Å²) in [6, 6.07) is 14.3. The van der Waals surface area contributed by atoms with E-state index >= 15 is 4.39 Å². The number of hydrogen-bond donors (Lipinski definition) is 4. The number of amides is 2. The highest BCUT2D eigenvalue weighted by atomic mass is 35.5. The second-order valence-corrected chi connectivity index (χ2v) is 9.51. The summed E-state index contributed by atoms with van der Waals surface area (Å²) < 4.78 is 15.8. The first-order chi connectivity index (χ1) is 15.3. The van der Waals surface area contributed by atoms with Gasteiger partial charge < -0.3 is 22.1 Å². The van der Waals surface area contributed by atoms with Crippen LogP contribution in [0.2, 0.25) is 5.02 Å². The van der Waals surface area contributed by atoms with Crippen molar-refractivity contribution >= 4 is 35.1 Å². The van der Waals surface area contributed by atoms with Crippen molar-refractivity contribution < 1.29 is 9.18 Å². The van der Waals surface area contributed by atoms with Crippen LogP contribution in [-0.4, -0.2) is 24.1 Å². The molecule has 3 atom stereocenters. The zero-order valence-electron chi connectivity index (χ0n) is 18.1. The van der Waals surface area contributed by atoms with Crippen molar-refractivity contribution in [1.29, 1.82) is 0 Å². The summed E-state index contributed by atoms with van der Waals surface area (Å²) in [5.74, 6) is -0.631. The largest absolute Gasteiger partial charge is 0.401 e. The number of urea groups is 1. The molecule has 5 nitrogen and oxygen atoms in total. The third kappa shape index (κ3) is 6.06. The van der Waals surface area contributed by atoms with Crippen LogP contribution in [0.5, 0.6) is 0 Å². The molecular formula is C24H28ClFN4OS. The minimum atomic E-state index is -1.29. The smallest absolute Gasteiger partial charge is 0.319 e. The van der Waals surface area contributed by atoms with Gasteiger partial charge in [-0.3, -0.25) is 0 Å². The number of nitrogens with one attached hydrogen (secondary N) is 2. The van der Waals surface area contributed by atoms with E-state index in [0.29, 0.717) is 34.9 Å². The average Bonchev–Trinajstić information content (AvgIpc) is 2.73. The van der Waals surface area contributed by atoms with E-state index in [0.717, 1.165) is 16.0 Å². The van der Waals surface area contributed by atoms with E-state index in [2.05, 4.69) is 10.6 Å². The molecule has 0 heterocycles. The summed E-state index contributed by atoms with van der Waals surface area (Å²) in [5.41, 5.74) is 15.8. The van der Waals surface area contributed by atoms with Gasteiger partial charge in [-0.1, -0.05) is 35.9 Å². The summed E-state index contributed by atoms with van der Waals surface area (Å²) in [6.07, 6.45) is 0.936. The molecule has 0 bridgehead atoms. The van der Waals surface area contributed by atoms with E-state index in [1.807, 2.05) is 38.1 Å². The summed E-state index contributed by atoms with van der Waals surface area (Å²) in [6.45, 7) is 4.26. The molecule has 0 radical (unpaired) electrons. The average molecular weight is 475 g/mol. The molecular weight excluding hydrogens is 447 g/mol. The van der Waals surface area contributed by atoms with Crippen LogP contribution in [-0.2, 0) is 6.42 Å². The maximum Gasteiger partial charge on any atom is 0.319 e. The molecule has 0 aromatic heterocycles. The van der Waals surface area contributed by atoms with Crippen molar-refractivity contribution in [2.24, 2.45) is 11.5 Å². The fraction of sp³-hybridized carbons (Fsp3) is 0.292. The van der Waals surface area contributed by atoms with Gasteiger partial charge >= 0.3 is 6.03 Å². The van der Waals surface area contributed by atoms with E-state index in [1.165, 1.54) is 11.8 Å². The van der Waals surface area contributed by atoms with Gasteiger partial charge in [0, 0.05) is 27.9 Å². The van der Waals surface area contributed by atoms with Crippen LogP contribution < -0.4 is 22.1 Å². The number of alkyl halides is 1. The Morgan fingerprint density at radius 1 is 1.25 bits per heavy atom. The van der Waals surface area contributed by atoms with Gasteiger partial charge in [0.2, 0.25) is 0 Å². The molecule has 1 aliphatic carbocycles. The molecule has 3 rings (SSSR count). The summed E-state index contributed by atoms with van der Waals surface area (Å²) in [4.78, 5) is 12.5. The molecule has 0 aliphatic heterocycles. The van der Waals surface area contributed by atoms with Crippen LogP contribution in [0.25, 0.3) is 0 Å². The van der Waals surface area contributed by atoms with Crippen LogP contribution in [0.3, 0.4) is 0 Å². The van der Waals surface area contributed by atoms with E-state index in [-0.39, 0.29) is 11.4 Å². The number of allylic oxidation sites excluding steroid dienone is 3. The topological polar surface area (TPSA) is 93.2 Å². The minimum Gasteiger partial charge on any atom is -0.401 e. The van der Waals surface area contributed by atoms with Gasteiger partial charge in [-0.25, -0.2) is 9.18 Å². The molecule has 0 fully saturated rings. The van der Waals surface area contributed by atoms with E-state index < -0.39 is 12.1 Å². The Bertz CT molecular complexity index is 1020. The fourth-order valence-electron chi connectivity index (χ4n) is 3.63. The van der Waals surface area contributed by atoms with Crippen LogP contribution >= 0.6 is 23.4 Å². The summed E-state index contributed by atoms with van der Waals surface area (Å²) in [5, 5.41) is 5.79.